The van der Waals surface area contributed by atoms with Crippen molar-refractivity contribution in [2.45, 2.75) is 97.0 Å². The maximum absolute atomic E-state index is 14.5. The molecule has 2 aromatic rings. The van der Waals surface area contributed by atoms with Gasteiger partial charge in [-0.1, -0.05) is 95.3 Å². The molecule has 2 unspecified atom stereocenters. The second-order valence-electron chi connectivity index (χ2n) is 14.9. The minimum Gasteiger partial charge on any atom is -0.452 e. The lowest BCUT2D eigenvalue weighted by Crippen LogP contribution is -2.61. The monoisotopic (exact) mass is 717 g/mol. The summed E-state index contributed by atoms with van der Waals surface area (Å²) in [6, 6.07) is 14.6. The quantitative estimate of drug-likeness (QED) is 0.419. The van der Waals surface area contributed by atoms with Crippen LogP contribution in [-0.4, -0.2) is 108 Å². The molecule has 0 radical (unpaired) electrons. The lowest BCUT2D eigenvalue weighted by molar-refractivity contribution is -0.162. The second-order valence-corrected chi connectivity index (χ2v) is 14.9. The predicted molar refractivity (Wildman–Crippen MR) is 196 cm³/mol. The number of cyclic esters (lactones) is 1. The molecule has 2 aliphatic rings. The predicted octanol–water partition coefficient (Wildman–Crippen LogP) is 2.98. The summed E-state index contributed by atoms with van der Waals surface area (Å²) < 4.78 is 5.75. The molecule has 6 atom stereocenters. The van der Waals surface area contributed by atoms with Gasteiger partial charge in [-0.2, -0.15) is 0 Å². The van der Waals surface area contributed by atoms with Crippen LogP contribution in [0.2, 0.25) is 0 Å². The van der Waals surface area contributed by atoms with Crippen LogP contribution in [0.1, 0.15) is 65.0 Å². The number of nitrogens with one attached hydrogen (secondary N) is 2. The number of hydrogen-bond acceptors (Lipinski definition) is 7. The van der Waals surface area contributed by atoms with Crippen molar-refractivity contribution in [3.63, 3.8) is 0 Å². The highest BCUT2D eigenvalue weighted by Crippen LogP contribution is 2.27. The average Bonchev–Trinajstić information content (AvgIpc) is 3.50. The van der Waals surface area contributed by atoms with Crippen LogP contribution in [0, 0.1) is 17.8 Å². The zero-order chi connectivity index (χ0) is 38.1. The van der Waals surface area contributed by atoms with Gasteiger partial charge < -0.3 is 30.1 Å². The van der Waals surface area contributed by atoms with E-state index in [4.69, 9.17) is 4.74 Å². The van der Waals surface area contributed by atoms with Crippen LogP contribution in [0.3, 0.4) is 0 Å². The SMILES string of the molecule is CC(C)CC1OC(=O)CCNC(=O)[C@H](Cc2ccccc2)N(C)C(=O)[C@H](C(C)C)N(C)C(=O)[C@H](Cc2ccccc2)NC(=O)[C@@H]2C(C)CCN2C1=O. The third-order valence-corrected chi connectivity index (χ3v) is 10.1. The maximum Gasteiger partial charge on any atom is 0.308 e. The number of carbonyl (C=O) groups excluding carboxylic acids is 6. The fraction of sp³-hybridized carbons (Fsp3) is 0.550. The molecule has 2 N–H and O–H groups in total. The molecule has 282 valence electrons. The van der Waals surface area contributed by atoms with E-state index in [9.17, 15) is 28.8 Å². The van der Waals surface area contributed by atoms with Crippen LogP contribution in [0.15, 0.2) is 60.7 Å². The molecule has 12 nitrogen and oxygen atoms in total. The van der Waals surface area contributed by atoms with Gasteiger partial charge in [0.05, 0.1) is 6.42 Å². The number of benzene rings is 2. The summed E-state index contributed by atoms with van der Waals surface area (Å²) in [7, 11) is 3.09. The molecule has 2 heterocycles. The summed E-state index contributed by atoms with van der Waals surface area (Å²) in [4.78, 5) is 88.4. The third kappa shape index (κ3) is 9.98. The van der Waals surface area contributed by atoms with Crippen LogP contribution < -0.4 is 10.6 Å². The summed E-state index contributed by atoms with van der Waals surface area (Å²) >= 11 is 0. The van der Waals surface area contributed by atoms with Crippen LogP contribution >= 0.6 is 0 Å². The minimum absolute atomic E-state index is 0.000465. The van der Waals surface area contributed by atoms with Crippen LogP contribution in [0.25, 0.3) is 0 Å². The van der Waals surface area contributed by atoms with Crippen LogP contribution in [-0.2, 0) is 46.3 Å². The smallest absolute Gasteiger partial charge is 0.308 e. The number of nitrogens with zero attached hydrogens (tertiary/aromatic N) is 3. The first-order valence-corrected chi connectivity index (χ1v) is 18.4. The van der Waals surface area contributed by atoms with Crippen molar-refractivity contribution in [1.29, 1.82) is 0 Å². The Balaban J connectivity index is 1.78. The van der Waals surface area contributed by atoms with Crippen molar-refractivity contribution < 1.29 is 33.5 Å². The summed E-state index contributed by atoms with van der Waals surface area (Å²) in [6.45, 7) is 9.58. The molecule has 2 saturated heterocycles. The summed E-state index contributed by atoms with van der Waals surface area (Å²) in [6.07, 6.45) is -0.188. The van der Waals surface area contributed by atoms with Gasteiger partial charge in [0.2, 0.25) is 23.6 Å². The van der Waals surface area contributed by atoms with E-state index < -0.39 is 65.8 Å². The van der Waals surface area contributed by atoms with Gasteiger partial charge in [0.25, 0.3) is 5.91 Å². The number of carbonyl (C=O) groups is 6. The second kappa shape index (κ2) is 18.1. The lowest BCUT2D eigenvalue weighted by atomic mass is 9.96. The van der Waals surface area contributed by atoms with Crippen molar-refractivity contribution in [3.8, 4) is 0 Å². The molecule has 2 aromatic carbocycles. The maximum atomic E-state index is 14.5. The largest absolute Gasteiger partial charge is 0.452 e. The normalized spacial score (nSPS) is 26.1. The van der Waals surface area contributed by atoms with Crippen molar-refractivity contribution in [1.82, 2.24) is 25.3 Å². The molecule has 2 fully saturated rings. The van der Waals surface area contributed by atoms with Crippen molar-refractivity contribution in [3.05, 3.63) is 71.8 Å². The number of ether oxygens (including phenoxy) is 1. The first-order chi connectivity index (χ1) is 24.7. The minimum atomic E-state index is -1.12. The van der Waals surface area contributed by atoms with E-state index in [2.05, 4.69) is 10.6 Å². The number of fused-ring (bicyclic) bond motifs is 1. The Morgan fingerprint density at radius 3 is 1.94 bits per heavy atom. The van der Waals surface area contributed by atoms with Crippen LogP contribution in [0.5, 0.6) is 0 Å². The Labute approximate surface area is 307 Å². The number of rotatable bonds is 7. The molecular formula is C40H55N5O7. The van der Waals surface area contributed by atoms with Crippen molar-refractivity contribution in [2.75, 3.05) is 27.2 Å². The Hall–Kier alpha value is -4.74. The van der Waals surface area contributed by atoms with E-state index in [-0.39, 0.29) is 56.5 Å². The number of esters is 1. The summed E-state index contributed by atoms with van der Waals surface area (Å²) in [5.41, 5.74) is 1.62. The molecule has 0 bridgehead atoms. The summed E-state index contributed by atoms with van der Waals surface area (Å²) in [5.74, 6) is -3.60. The van der Waals surface area contributed by atoms with E-state index in [1.54, 1.807) is 14.1 Å². The molecule has 0 spiro atoms. The van der Waals surface area contributed by atoms with E-state index in [1.165, 1.54) is 14.7 Å². The zero-order valence-electron chi connectivity index (χ0n) is 31.5. The van der Waals surface area contributed by atoms with E-state index in [1.807, 2.05) is 95.3 Å². The highest BCUT2D eigenvalue weighted by atomic mass is 16.5. The van der Waals surface area contributed by atoms with Crippen molar-refractivity contribution >= 4 is 35.5 Å². The molecule has 0 saturated carbocycles. The Kier molecular flexibility index (Phi) is 14.0. The Morgan fingerprint density at radius 1 is 0.769 bits per heavy atom. The van der Waals surface area contributed by atoms with Crippen molar-refractivity contribution in [2.24, 2.45) is 17.8 Å². The summed E-state index contributed by atoms with van der Waals surface area (Å²) in [5, 5.41) is 5.76. The van der Waals surface area contributed by atoms with Gasteiger partial charge in [-0.3, -0.25) is 28.8 Å². The van der Waals surface area contributed by atoms with Gasteiger partial charge in [0, 0.05) is 40.0 Å². The van der Waals surface area contributed by atoms with Crippen LogP contribution in [0.4, 0.5) is 0 Å². The zero-order valence-corrected chi connectivity index (χ0v) is 31.5. The van der Waals surface area contributed by atoms with E-state index in [0.29, 0.717) is 6.42 Å². The molecule has 2 aliphatic heterocycles. The average molecular weight is 718 g/mol. The molecular weight excluding hydrogens is 662 g/mol. The van der Waals surface area contributed by atoms with Gasteiger partial charge in [-0.15, -0.1) is 0 Å². The van der Waals surface area contributed by atoms with E-state index >= 15 is 0 Å². The fourth-order valence-corrected chi connectivity index (χ4v) is 7.22. The van der Waals surface area contributed by atoms with Gasteiger partial charge >= 0.3 is 5.97 Å². The first-order valence-electron chi connectivity index (χ1n) is 18.4. The number of amides is 5. The topological polar surface area (TPSA) is 145 Å². The molecule has 12 heteroatoms. The molecule has 52 heavy (non-hydrogen) atoms. The van der Waals surface area contributed by atoms with Gasteiger partial charge in [-0.05, 0) is 41.7 Å². The standard InChI is InChI=1S/C40H55N5O7/c1-25(2)22-32-39(50)45-21-19-27(5)35(45)37(48)42-30(23-28-14-10-8-11-15-28)38(49)44(7)34(26(3)4)40(51)43(6)31(24-29-16-12-9-13-17-29)36(47)41-20-18-33(46)52-32/h8-17,25-27,30-32,34-35H,18-24H2,1-7H3,(H,41,47)(H,42,48)/t27?,30-,31-,32?,34-,35-/m0/s1. The van der Waals surface area contributed by atoms with Gasteiger partial charge in [-0.25, -0.2) is 0 Å². The fourth-order valence-electron chi connectivity index (χ4n) is 7.22. The highest BCUT2D eigenvalue weighted by molar-refractivity contribution is 5.96. The molecule has 0 aromatic heterocycles. The Bertz CT molecular complexity index is 1570. The first kappa shape index (κ1) is 40.0. The molecule has 0 aliphatic carbocycles. The third-order valence-electron chi connectivity index (χ3n) is 10.1. The molecule has 4 rings (SSSR count). The lowest BCUT2D eigenvalue weighted by Gasteiger charge is -2.38. The highest BCUT2D eigenvalue weighted by Gasteiger charge is 2.45. The number of hydrogen-bond donors (Lipinski definition) is 2. The Morgan fingerprint density at radius 2 is 1.37 bits per heavy atom. The van der Waals surface area contributed by atoms with Gasteiger partial charge in [0.15, 0.2) is 6.10 Å². The van der Waals surface area contributed by atoms with Gasteiger partial charge in [0.1, 0.15) is 24.2 Å². The molecule has 5 amide bonds. The number of likely N-dealkylation sites (N-methyl/N-ethyl adjacent to an activating group) is 2. The van der Waals surface area contributed by atoms with E-state index in [0.717, 1.165) is 11.1 Å².